The van der Waals surface area contributed by atoms with E-state index >= 15 is 0 Å². The SMILES string of the molecule is CSC1CCC(/C=C/c2ccc(OC(F)F)cc2)SC1. The largest absolute Gasteiger partial charge is 0.435 e. The quantitative estimate of drug-likeness (QED) is 0.762. The lowest BCUT2D eigenvalue weighted by molar-refractivity contribution is -0.0498. The van der Waals surface area contributed by atoms with E-state index in [1.54, 1.807) is 24.3 Å². The summed E-state index contributed by atoms with van der Waals surface area (Å²) in [4.78, 5) is 0. The van der Waals surface area contributed by atoms with Crippen molar-refractivity contribution in [3.8, 4) is 5.75 Å². The molecule has 0 bridgehead atoms. The van der Waals surface area contributed by atoms with Crippen molar-refractivity contribution < 1.29 is 13.5 Å². The zero-order valence-electron chi connectivity index (χ0n) is 11.3. The molecule has 1 aliphatic rings. The van der Waals surface area contributed by atoms with Gasteiger partial charge in [0.25, 0.3) is 0 Å². The van der Waals surface area contributed by atoms with Gasteiger partial charge in [-0.2, -0.15) is 32.3 Å². The average Bonchev–Trinajstić information content (AvgIpc) is 2.46. The molecule has 2 rings (SSSR count). The Balaban J connectivity index is 1.85. The molecule has 1 saturated heterocycles. The highest BCUT2D eigenvalue weighted by atomic mass is 32.2. The van der Waals surface area contributed by atoms with Crippen LogP contribution < -0.4 is 4.74 Å². The Bertz CT molecular complexity index is 426. The van der Waals surface area contributed by atoms with Crippen LogP contribution in [0.3, 0.4) is 0 Å². The highest BCUT2D eigenvalue weighted by Gasteiger charge is 2.18. The van der Waals surface area contributed by atoms with Crippen molar-refractivity contribution in [1.29, 1.82) is 0 Å². The topological polar surface area (TPSA) is 9.23 Å². The van der Waals surface area contributed by atoms with Gasteiger partial charge < -0.3 is 4.74 Å². The van der Waals surface area contributed by atoms with Gasteiger partial charge in [0.15, 0.2) is 0 Å². The van der Waals surface area contributed by atoms with Crippen molar-refractivity contribution in [2.75, 3.05) is 12.0 Å². The lowest BCUT2D eigenvalue weighted by Crippen LogP contribution is -2.17. The van der Waals surface area contributed by atoms with E-state index in [0.29, 0.717) is 5.25 Å². The van der Waals surface area contributed by atoms with Crippen molar-refractivity contribution in [3.05, 3.63) is 35.9 Å². The van der Waals surface area contributed by atoms with Crippen LogP contribution in [-0.2, 0) is 0 Å². The minimum absolute atomic E-state index is 0.201. The summed E-state index contributed by atoms with van der Waals surface area (Å²) in [5.74, 6) is 1.41. The molecular weight excluding hydrogens is 298 g/mol. The Kier molecular flexibility index (Phi) is 6.23. The number of hydrogen-bond donors (Lipinski definition) is 0. The van der Waals surface area contributed by atoms with Gasteiger partial charge in [-0.05, 0) is 36.8 Å². The zero-order valence-corrected chi connectivity index (χ0v) is 12.9. The Labute approximate surface area is 127 Å². The molecule has 110 valence electrons. The zero-order chi connectivity index (χ0) is 14.4. The molecule has 0 saturated carbocycles. The Hall–Kier alpha value is -0.680. The molecule has 1 aliphatic heterocycles. The van der Waals surface area contributed by atoms with Gasteiger partial charge in [-0.1, -0.05) is 24.3 Å². The van der Waals surface area contributed by atoms with Gasteiger partial charge >= 0.3 is 6.61 Å². The third-order valence-electron chi connectivity index (χ3n) is 3.21. The van der Waals surface area contributed by atoms with Crippen molar-refractivity contribution in [2.45, 2.75) is 30.0 Å². The van der Waals surface area contributed by atoms with E-state index in [-0.39, 0.29) is 5.75 Å². The molecule has 20 heavy (non-hydrogen) atoms. The summed E-state index contributed by atoms with van der Waals surface area (Å²) in [6.07, 6.45) is 8.92. The smallest absolute Gasteiger partial charge is 0.387 e. The molecule has 0 N–H and O–H groups in total. The number of benzene rings is 1. The van der Waals surface area contributed by atoms with Crippen LogP contribution in [0, 0.1) is 0 Å². The van der Waals surface area contributed by atoms with Crippen molar-refractivity contribution >= 4 is 29.6 Å². The molecule has 0 radical (unpaired) electrons. The van der Waals surface area contributed by atoms with Crippen LogP contribution in [0.15, 0.2) is 30.3 Å². The molecule has 0 spiro atoms. The van der Waals surface area contributed by atoms with E-state index in [2.05, 4.69) is 23.1 Å². The van der Waals surface area contributed by atoms with Gasteiger partial charge in [-0.25, -0.2) is 0 Å². The first-order valence-electron chi connectivity index (χ1n) is 6.55. The second-order valence-corrected chi connectivity index (χ2v) is 7.02. The number of rotatable bonds is 5. The summed E-state index contributed by atoms with van der Waals surface area (Å²) < 4.78 is 28.4. The molecule has 0 aliphatic carbocycles. The van der Waals surface area contributed by atoms with Crippen LogP contribution >= 0.6 is 23.5 Å². The van der Waals surface area contributed by atoms with Crippen molar-refractivity contribution in [1.82, 2.24) is 0 Å². The maximum absolute atomic E-state index is 12.0. The molecule has 1 heterocycles. The Morgan fingerprint density at radius 1 is 1.30 bits per heavy atom. The fraction of sp³-hybridized carbons (Fsp3) is 0.467. The van der Waals surface area contributed by atoms with Crippen LogP contribution in [0.25, 0.3) is 6.08 Å². The molecular formula is C15H18F2OS2. The first kappa shape index (κ1) is 15.7. The van der Waals surface area contributed by atoms with Crippen LogP contribution in [0.1, 0.15) is 18.4 Å². The highest BCUT2D eigenvalue weighted by molar-refractivity contribution is 8.03. The molecule has 5 heteroatoms. The monoisotopic (exact) mass is 316 g/mol. The van der Waals surface area contributed by atoms with E-state index in [4.69, 9.17) is 0 Å². The predicted octanol–water partition coefficient (Wildman–Crippen LogP) is 4.93. The number of halogens is 2. The molecule has 1 aromatic carbocycles. The van der Waals surface area contributed by atoms with E-state index in [0.717, 1.165) is 10.8 Å². The molecule has 0 aromatic heterocycles. The lowest BCUT2D eigenvalue weighted by atomic mass is 10.1. The Morgan fingerprint density at radius 2 is 2.05 bits per heavy atom. The minimum Gasteiger partial charge on any atom is -0.435 e. The molecule has 0 amide bonds. The molecule has 1 fully saturated rings. The number of thioether (sulfide) groups is 2. The van der Waals surface area contributed by atoms with E-state index < -0.39 is 6.61 Å². The molecule has 2 unspecified atom stereocenters. The average molecular weight is 316 g/mol. The Morgan fingerprint density at radius 3 is 2.60 bits per heavy atom. The van der Waals surface area contributed by atoms with Gasteiger partial charge in [-0.3, -0.25) is 0 Å². The number of alkyl halides is 2. The summed E-state index contributed by atoms with van der Waals surface area (Å²) in [6, 6.07) is 6.74. The summed E-state index contributed by atoms with van der Waals surface area (Å²) in [6.45, 7) is -2.76. The fourth-order valence-electron chi connectivity index (χ4n) is 2.06. The lowest BCUT2D eigenvalue weighted by Gasteiger charge is -2.24. The van der Waals surface area contributed by atoms with Gasteiger partial charge in [-0.15, -0.1) is 0 Å². The van der Waals surface area contributed by atoms with Gasteiger partial charge in [0, 0.05) is 16.3 Å². The molecule has 1 aromatic rings. The third kappa shape index (κ3) is 5.02. The van der Waals surface area contributed by atoms with E-state index in [9.17, 15) is 8.78 Å². The van der Waals surface area contributed by atoms with E-state index in [1.165, 1.54) is 18.6 Å². The standard InChI is InChI=1S/C15H18F2OS2/c1-19-14-9-8-13(20-10-14)7-4-11-2-5-12(6-3-11)18-15(16)17/h2-7,13-15H,8-10H2,1H3/b7-4+. The van der Waals surface area contributed by atoms with Gasteiger partial charge in [0.1, 0.15) is 5.75 Å². The predicted molar refractivity (Wildman–Crippen MR) is 84.9 cm³/mol. The van der Waals surface area contributed by atoms with Crippen LogP contribution in [-0.4, -0.2) is 29.1 Å². The molecule has 2 atom stereocenters. The van der Waals surface area contributed by atoms with Gasteiger partial charge in [0.05, 0.1) is 0 Å². The minimum atomic E-state index is -2.76. The first-order valence-corrected chi connectivity index (χ1v) is 8.88. The summed E-state index contributed by atoms with van der Waals surface area (Å²) >= 11 is 3.94. The van der Waals surface area contributed by atoms with Crippen LogP contribution in [0.2, 0.25) is 0 Å². The van der Waals surface area contributed by atoms with E-state index in [1.807, 2.05) is 23.5 Å². The number of ether oxygens (including phenoxy) is 1. The normalized spacial score (nSPS) is 23.4. The maximum atomic E-state index is 12.0. The number of hydrogen-bond acceptors (Lipinski definition) is 3. The third-order valence-corrected chi connectivity index (χ3v) is 5.91. The fourth-order valence-corrected chi connectivity index (χ4v) is 4.34. The van der Waals surface area contributed by atoms with Crippen molar-refractivity contribution in [2.24, 2.45) is 0 Å². The van der Waals surface area contributed by atoms with Gasteiger partial charge in [0.2, 0.25) is 0 Å². The van der Waals surface area contributed by atoms with Crippen LogP contribution in [0.5, 0.6) is 5.75 Å². The maximum Gasteiger partial charge on any atom is 0.387 e. The van der Waals surface area contributed by atoms with Crippen LogP contribution in [0.4, 0.5) is 8.78 Å². The summed E-state index contributed by atoms with van der Waals surface area (Å²) in [7, 11) is 0. The highest BCUT2D eigenvalue weighted by Crippen LogP contribution is 2.32. The molecule has 1 nitrogen and oxygen atoms in total. The second kappa shape index (κ2) is 7.93. The van der Waals surface area contributed by atoms with Crippen molar-refractivity contribution in [3.63, 3.8) is 0 Å². The summed E-state index contributed by atoms with van der Waals surface area (Å²) in [5.41, 5.74) is 1.01. The second-order valence-electron chi connectivity index (χ2n) is 4.61. The first-order chi connectivity index (χ1) is 9.67. The summed E-state index contributed by atoms with van der Waals surface area (Å²) in [5, 5.41) is 1.35.